The Kier molecular flexibility index (Phi) is 4.23. The summed E-state index contributed by atoms with van der Waals surface area (Å²) in [5, 5.41) is 5.62. The van der Waals surface area contributed by atoms with Crippen LogP contribution in [-0.2, 0) is 6.54 Å². The maximum absolute atomic E-state index is 4.69. The van der Waals surface area contributed by atoms with Crippen molar-refractivity contribution < 1.29 is 0 Å². The van der Waals surface area contributed by atoms with Crippen molar-refractivity contribution in [3.63, 3.8) is 0 Å². The normalized spacial score (nSPS) is 16.6. The molecule has 0 saturated carbocycles. The van der Waals surface area contributed by atoms with Crippen LogP contribution in [-0.4, -0.2) is 23.1 Å². The molecule has 1 aliphatic heterocycles. The fourth-order valence-electron chi connectivity index (χ4n) is 2.37. The van der Waals surface area contributed by atoms with E-state index in [9.17, 15) is 0 Å². The lowest BCUT2D eigenvalue weighted by atomic mass is 10.2. The summed E-state index contributed by atoms with van der Waals surface area (Å²) in [5.41, 5.74) is 5.77. The van der Waals surface area contributed by atoms with Gasteiger partial charge in [-0.25, -0.2) is 15.4 Å². The molecule has 3 rings (SSSR count). The second-order valence-corrected chi connectivity index (χ2v) is 5.82. The molecule has 0 amide bonds. The molecule has 1 N–H and O–H groups in total. The Morgan fingerprint density at radius 2 is 1.89 bits per heavy atom. The van der Waals surface area contributed by atoms with E-state index >= 15 is 0 Å². The van der Waals surface area contributed by atoms with Gasteiger partial charge in [0.25, 0.3) is 0 Å². The predicted octanol–water partition coefficient (Wildman–Crippen LogP) is 3.30. The highest BCUT2D eigenvalue weighted by atomic mass is 32.1. The number of nitrogens with zero attached hydrogens (tertiary/aromatic N) is 2. The number of aromatic nitrogens is 1. The molecule has 1 saturated heterocycles. The lowest BCUT2D eigenvalue weighted by molar-refractivity contribution is 0.151. The second kappa shape index (κ2) is 6.28. The van der Waals surface area contributed by atoms with Crippen molar-refractivity contribution in [2.45, 2.75) is 25.8 Å². The summed E-state index contributed by atoms with van der Waals surface area (Å²) >= 11 is 1.73. The van der Waals surface area contributed by atoms with Crippen molar-refractivity contribution in [2.24, 2.45) is 0 Å². The Morgan fingerprint density at radius 3 is 2.68 bits per heavy atom. The molecule has 4 heteroatoms. The summed E-state index contributed by atoms with van der Waals surface area (Å²) in [5.74, 6) is 0. The van der Waals surface area contributed by atoms with E-state index in [1.807, 2.05) is 6.07 Å². The van der Waals surface area contributed by atoms with Crippen LogP contribution >= 0.6 is 11.3 Å². The number of rotatable bonds is 4. The van der Waals surface area contributed by atoms with Crippen LogP contribution in [0.2, 0.25) is 0 Å². The van der Waals surface area contributed by atoms with Crippen molar-refractivity contribution in [3.8, 4) is 11.3 Å². The minimum absolute atomic E-state index is 0.845. The Hall–Kier alpha value is -1.23. The first kappa shape index (κ1) is 12.8. The molecule has 1 aromatic heterocycles. The van der Waals surface area contributed by atoms with Crippen LogP contribution < -0.4 is 5.43 Å². The van der Waals surface area contributed by atoms with E-state index in [1.54, 1.807) is 11.3 Å². The van der Waals surface area contributed by atoms with Gasteiger partial charge in [0.15, 0.2) is 0 Å². The van der Waals surface area contributed by atoms with E-state index in [0.29, 0.717) is 0 Å². The maximum Gasteiger partial charge on any atom is 0.109 e. The van der Waals surface area contributed by atoms with Gasteiger partial charge < -0.3 is 0 Å². The Bertz CT molecular complexity index is 503. The van der Waals surface area contributed by atoms with Crippen LogP contribution in [0.5, 0.6) is 0 Å². The van der Waals surface area contributed by atoms with Gasteiger partial charge in [-0.2, -0.15) is 0 Å². The van der Waals surface area contributed by atoms with E-state index in [0.717, 1.165) is 30.3 Å². The van der Waals surface area contributed by atoms with Gasteiger partial charge in [0, 0.05) is 24.0 Å². The van der Waals surface area contributed by atoms with Crippen LogP contribution in [0.3, 0.4) is 0 Å². The largest absolute Gasteiger partial charge is 0.248 e. The van der Waals surface area contributed by atoms with E-state index < -0.39 is 0 Å². The molecule has 2 heterocycles. The van der Waals surface area contributed by atoms with Crippen LogP contribution in [0.25, 0.3) is 11.3 Å². The third-order valence-electron chi connectivity index (χ3n) is 3.43. The van der Waals surface area contributed by atoms with Gasteiger partial charge >= 0.3 is 0 Å². The quantitative estimate of drug-likeness (QED) is 0.926. The SMILES string of the molecule is c1ccc(-c2csc(CNN3CCCCC3)n2)cc1. The maximum atomic E-state index is 4.69. The van der Waals surface area contributed by atoms with Gasteiger partial charge in [0.2, 0.25) is 0 Å². The molecule has 0 bridgehead atoms. The van der Waals surface area contributed by atoms with E-state index in [4.69, 9.17) is 4.98 Å². The van der Waals surface area contributed by atoms with Gasteiger partial charge in [-0.3, -0.25) is 0 Å². The van der Waals surface area contributed by atoms with Gasteiger partial charge in [0.1, 0.15) is 5.01 Å². The smallest absolute Gasteiger partial charge is 0.109 e. The number of nitrogens with one attached hydrogen (secondary N) is 1. The lowest BCUT2D eigenvalue weighted by Gasteiger charge is -2.26. The molecule has 0 atom stereocenters. The number of hydrazine groups is 1. The lowest BCUT2D eigenvalue weighted by Crippen LogP contribution is -2.41. The first-order chi connectivity index (χ1) is 9.42. The standard InChI is InChI=1S/C15H19N3S/c1-3-7-13(8-4-1)14-12-19-15(17-14)11-16-18-9-5-2-6-10-18/h1,3-4,7-8,12,16H,2,5-6,9-11H2. The predicted molar refractivity (Wildman–Crippen MR) is 79.8 cm³/mol. The molecule has 3 nitrogen and oxygen atoms in total. The molecular formula is C15H19N3S. The Morgan fingerprint density at radius 1 is 1.11 bits per heavy atom. The summed E-state index contributed by atoms with van der Waals surface area (Å²) in [6.07, 6.45) is 3.98. The van der Waals surface area contributed by atoms with E-state index in [-0.39, 0.29) is 0 Å². The van der Waals surface area contributed by atoms with Gasteiger partial charge in [0.05, 0.1) is 12.2 Å². The molecule has 1 aliphatic rings. The summed E-state index contributed by atoms with van der Waals surface area (Å²) in [7, 11) is 0. The number of hydrogen-bond donors (Lipinski definition) is 1. The third-order valence-corrected chi connectivity index (χ3v) is 4.28. The molecule has 0 unspecified atom stereocenters. The van der Waals surface area contributed by atoms with Gasteiger partial charge in [-0.1, -0.05) is 36.8 Å². The number of benzene rings is 1. The van der Waals surface area contributed by atoms with Crippen molar-refractivity contribution in [3.05, 3.63) is 40.7 Å². The van der Waals surface area contributed by atoms with Crippen LogP contribution in [0.15, 0.2) is 35.7 Å². The van der Waals surface area contributed by atoms with E-state index in [2.05, 4.69) is 40.1 Å². The van der Waals surface area contributed by atoms with Crippen LogP contribution in [0.4, 0.5) is 0 Å². The zero-order valence-electron chi connectivity index (χ0n) is 11.0. The Labute approximate surface area is 118 Å². The number of hydrogen-bond acceptors (Lipinski definition) is 4. The van der Waals surface area contributed by atoms with E-state index in [1.165, 1.54) is 24.8 Å². The molecule has 1 fully saturated rings. The van der Waals surface area contributed by atoms with Crippen molar-refractivity contribution in [2.75, 3.05) is 13.1 Å². The van der Waals surface area contributed by atoms with Gasteiger partial charge in [-0.05, 0) is 12.8 Å². The third kappa shape index (κ3) is 3.41. The summed E-state index contributed by atoms with van der Waals surface area (Å²) < 4.78 is 0. The summed E-state index contributed by atoms with van der Waals surface area (Å²) in [6.45, 7) is 3.17. The topological polar surface area (TPSA) is 28.2 Å². The first-order valence-corrected chi connectivity index (χ1v) is 7.78. The molecule has 1 aromatic carbocycles. The molecule has 0 aliphatic carbocycles. The van der Waals surface area contributed by atoms with Crippen molar-refractivity contribution in [1.82, 2.24) is 15.4 Å². The average molecular weight is 273 g/mol. The molecular weight excluding hydrogens is 254 g/mol. The fraction of sp³-hybridized carbons (Fsp3) is 0.400. The highest BCUT2D eigenvalue weighted by Gasteiger charge is 2.10. The Balaban J connectivity index is 1.59. The van der Waals surface area contributed by atoms with Crippen LogP contribution in [0.1, 0.15) is 24.3 Å². The molecule has 19 heavy (non-hydrogen) atoms. The summed E-state index contributed by atoms with van der Waals surface area (Å²) in [6, 6.07) is 10.4. The number of thiazole rings is 1. The fourth-order valence-corrected chi connectivity index (χ4v) is 3.10. The zero-order chi connectivity index (χ0) is 12.9. The molecule has 0 spiro atoms. The zero-order valence-corrected chi connectivity index (χ0v) is 11.8. The average Bonchev–Trinajstić information content (AvgIpc) is 2.96. The van der Waals surface area contributed by atoms with Crippen molar-refractivity contribution in [1.29, 1.82) is 0 Å². The highest BCUT2D eigenvalue weighted by Crippen LogP contribution is 2.21. The first-order valence-electron chi connectivity index (χ1n) is 6.90. The van der Waals surface area contributed by atoms with Gasteiger partial charge in [-0.15, -0.1) is 11.3 Å². The number of piperidine rings is 1. The minimum Gasteiger partial charge on any atom is -0.248 e. The monoisotopic (exact) mass is 273 g/mol. The molecule has 100 valence electrons. The van der Waals surface area contributed by atoms with Crippen molar-refractivity contribution >= 4 is 11.3 Å². The second-order valence-electron chi connectivity index (χ2n) is 4.88. The molecule has 0 radical (unpaired) electrons. The molecule has 2 aromatic rings. The minimum atomic E-state index is 0.845. The van der Waals surface area contributed by atoms with Crippen LogP contribution in [0, 0.1) is 0 Å². The summed E-state index contributed by atoms with van der Waals surface area (Å²) in [4.78, 5) is 4.69. The highest BCUT2D eigenvalue weighted by molar-refractivity contribution is 7.09.